The topological polar surface area (TPSA) is 60.0 Å². The molecule has 7 heteroatoms. The molecule has 148 valence electrons. The van der Waals surface area contributed by atoms with Gasteiger partial charge in [0.1, 0.15) is 24.0 Å². The monoisotopic (exact) mass is 411 g/mol. The Balaban J connectivity index is 1.49. The van der Waals surface area contributed by atoms with Gasteiger partial charge >= 0.3 is 0 Å². The molecule has 0 atom stereocenters. The molecule has 0 aliphatic carbocycles. The maximum absolute atomic E-state index is 13.2. The van der Waals surface area contributed by atoms with E-state index >= 15 is 0 Å². The van der Waals surface area contributed by atoms with Crippen molar-refractivity contribution in [1.82, 2.24) is 0 Å². The number of amidine groups is 1. The quantitative estimate of drug-likeness (QED) is 0.333. The molecule has 0 heterocycles. The lowest BCUT2D eigenvalue weighted by atomic mass is 10.2. The van der Waals surface area contributed by atoms with Gasteiger partial charge in [-0.25, -0.2) is 8.78 Å². The predicted octanol–water partition coefficient (Wildman–Crippen LogP) is 5.13. The minimum Gasteiger partial charge on any atom is -0.489 e. The Morgan fingerprint density at radius 2 is 1.62 bits per heavy atom. The van der Waals surface area contributed by atoms with E-state index in [1.54, 1.807) is 30.5 Å². The highest BCUT2D eigenvalue weighted by molar-refractivity contribution is 8.13. The lowest BCUT2D eigenvalue weighted by Crippen LogP contribution is -2.05. The van der Waals surface area contributed by atoms with Crippen LogP contribution in [0.1, 0.15) is 16.7 Å². The highest BCUT2D eigenvalue weighted by atomic mass is 32.2. The zero-order valence-electron chi connectivity index (χ0n) is 15.5. The molecule has 0 amide bonds. The summed E-state index contributed by atoms with van der Waals surface area (Å²) in [5.41, 5.74) is 8.26. The molecule has 0 saturated heterocycles. The van der Waals surface area contributed by atoms with Gasteiger partial charge in [-0.3, -0.25) is 0 Å². The molecule has 3 aromatic rings. The van der Waals surface area contributed by atoms with Crippen LogP contribution in [0.2, 0.25) is 0 Å². The van der Waals surface area contributed by atoms with E-state index in [0.717, 1.165) is 22.9 Å². The average molecular weight is 411 g/mol. The second-order valence-corrected chi connectivity index (χ2v) is 7.09. The Hall–Kier alpha value is -3.19. The number of halogens is 2. The van der Waals surface area contributed by atoms with Crippen LogP contribution in [0.15, 0.2) is 83.0 Å². The van der Waals surface area contributed by atoms with E-state index < -0.39 is 11.6 Å². The molecule has 29 heavy (non-hydrogen) atoms. The van der Waals surface area contributed by atoms with Gasteiger partial charge in [0.2, 0.25) is 0 Å². The second-order valence-electron chi connectivity index (χ2n) is 6.09. The van der Waals surface area contributed by atoms with Crippen LogP contribution in [0.3, 0.4) is 0 Å². The van der Waals surface area contributed by atoms with E-state index in [1.165, 1.54) is 23.9 Å². The number of hydrogen-bond acceptors (Lipinski definition) is 4. The molecule has 0 bridgehead atoms. The fourth-order valence-electron chi connectivity index (χ4n) is 2.42. The van der Waals surface area contributed by atoms with Crippen LogP contribution in [0.4, 0.5) is 8.78 Å². The van der Waals surface area contributed by atoms with Gasteiger partial charge in [0.25, 0.3) is 0 Å². The summed E-state index contributed by atoms with van der Waals surface area (Å²) in [6.45, 7) is 0.0710. The first-order chi connectivity index (χ1) is 14.1. The van der Waals surface area contributed by atoms with Crippen LogP contribution in [0.25, 0.3) is 0 Å². The van der Waals surface area contributed by atoms with Gasteiger partial charge in [0.15, 0.2) is 5.17 Å². The number of ether oxygens (including phenoxy) is 1. The summed E-state index contributed by atoms with van der Waals surface area (Å²) >= 11 is 1.41. The van der Waals surface area contributed by atoms with Gasteiger partial charge in [-0.1, -0.05) is 42.1 Å². The van der Waals surface area contributed by atoms with Crippen LogP contribution in [0, 0.1) is 11.6 Å². The molecule has 0 radical (unpaired) electrons. The molecule has 0 aromatic heterocycles. The van der Waals surface area contributed by atoms with Crippen molar-refractivity contribution in [2.45, 2.75) is 12.4 Å². The Kier molecular flexibility index (Phi) is 7.35. The third-order valence-corrected chi connectivity index (χ3v) is 4.66. The summed E-state index contributed by atoms with van der Waals surface area (Å²) < 4.78 is 31.9. The minimum atomic E-state index is -0.628. The van der Waals surface area contributed by atoms with Crippen LogP contribution >= 0.6 is 11.8 Å². The first kappa shape index (κ1) is 20.5. The highest BCUT2D eigenvalue weighted by Gasteiger charge is 2.02. The maximum Gasteiger partial charge on any atom is 0.180 e. The fourth-order valence-corrected chi connectivity index (χ4v) is 3.04. The van der Waals surface area contributed by atoms with Crippen LogP contribution in [-0.2, 0) is 12.4 Å². The smallest absolute Gasteiger partial charge is 0.180 e. The number of rotatable bonds is 7. The van der Waals surface area contributed by atoms with E-state index in [4.69, 9.17) is 10.5 Å². The van der Waals surface area contributed by atoms with Gasteiger partial charge in [-0.2, -0.15) is 5.10 Å². The first-order valence-electron chi connectivity index (χ1n) is 8.79. The van der Waals surface area contributed by atoms with E-state index in [1.807, 2.05) is 30.3 Å². The van der Waals surface area contributed by atoms with Gasteiger partial charge < -0.3 is 10.5 Å². The third-order valence-electron chi connectivity index (χ3n) is 3.80. The molecular weight excluding hydrogens is 392 g/mol. The zero-order chi connectivity index (χ0) is 20.5. The van der Waals surface area contributed by atoms with Gasteiger partial charge in [-0.15, -0.1) is 5.10 Å². The highest BCUT2D eigenvalue weighted by Crippen LogP contribution is 2.15. The van der Waals surface area contributed by atoms with Crippen molar-refractivity contribution in [3.63, 3.8) is 0 Å². The molecule has 0 fully saturated rings. The molecule has 3 aromatic carbocycles. The summed E-state index contributed by atoms with van der Waals surface area (Å²) in [5, 5.41) is 8.35. The number of nitrogens with two attached hydrogens (primary N) is 1. The molecule has 0 aliphatic rings. The van der Waals surface area contributed by atoms with Crippen LogP contribution < -0.4 is 10.5 Å². The molecule has 0 aliphatic heterocycles. The molecule has 0 unspecified atom stereocenters. The van der Waals surface area contributed by atoms with E-state index in [2.05, 4.69) is 10.2 Å². The number of thioether (sulfide) groups is 1. The van der Waals surface area contributed by atoms with Gasteiger partial charge in [0.05, 0.1) is 6.21 Å². The van der Waals surface area contributed by atoms with Crippen molar-refractivity contribution >= 4 is 23.1 Å². The third kappa shape index (κ3) is 7.04. The molecule has 4 nitrogen and oxygen atoms in total. The number of nitrogens with zero attached hydrogens (tertiary/aromatic N) is 2. The molecule has 0 spiro atoms. The largest absolute Gasteiger partial charge is 0.489 e. The maximum atomic E-state index is 13.2. The van der Waals surface area contributed by atoms with E-state index in [9.17, 15) is 8.78 Å². The minimum absolute atomic E-state index is 0.0710. The summed E-state index contributed by atoms with van der Waals surface area (Å²) in [5.74, 6) is 0.0505. The second kappa shape index (κ2) is 10.4. The Labute approximate surface area is 172 Å². The van der Waals surface area contributed by atoms with Crippen molar-refractivity contribution in [3.05, 3.63) is 101 Å². The lowest BCUT2D eigenvalue weighted by molar-refractivity contribution is 0.305. The Morgan fingerprint density at radius 3 is 2.31 bits per heavy atom. The van der Waals surface area contributed by atoms with Crippen molar-refractivity contribution in [2.75, 3.05) is 0 Å². The number of benzene rings is 3. The normalized spacial score (nSPS) is 11.7. The van der Waals surface area contributed by atoms with E-state index in [0.29, 0.717) is 16.5 Å². The summed E-state index contributed by atoms with van der Waals surface area (Å²) in [6, 6.07) is 20.4. The molecule has 3 rings (SSSR count). The van der Waals surface area contributed by atoms with Crippen molar-refractivity contribution < 1.29 is 13.5 Å². The molecular formula is C22H19F2N3OS. The number of hydrogen-bond donors (Lipinski definition) is 1. The fraction of sp³-hybridized carbons (Fsp3) is 0.0909. The zero-order valence-corrected chi connectivity index (χ0v) is 16.3. The lowest BCUT2D eigenvalue weighted by Gasteiger charge is -2.07. The Bertz CT molecular complexity index is 972. The first-order valence-corrected chi connectivity index (χ1v) is 9.78. The Morgan fingerprint density at radius 1 is 0.931 bits per heavy atom. The van der Waals surface area contributed by atoms with Crippen LogP contribution in [0.5, 0.6) is 5.75 Å². The van der Waals surface area contributed by atoms with Crippen molar-refractivity contribution in [2.24, 2.45) is 15.9 Å². The van der Waals surface area contributed by atoms with Crippen molar-refractivity contribution in [1.29, 1.82) is 0 Å². The van der Waals surface area contributed by atoms with Crippen molar-refractivity contribution in [3.8, 4) is 5.75 Å². The van der Waals surface area contributed by atoms with E-state index in [-0.39, 0.29) is 6.61 Å². The summed E-state index contributed by atoms with van der Waals surface area (Å²) in [4.78, 5) is 0. The summed E-state index contributed by atoms with van der Waals surface area (Å²) in [6.07, 6.45) is 1.58. The molecule has 0 saturated carbocycles. The summed E-state index contributed by atoms with van der Waals surface area (Å²) in [7, 11) is 0. The SMILES string of the molecule is NC(=NN=Cc1ccc(OCc2cc(F)cc(F)c2)cc1)SCc1ccccc1. The van der Waals surface area contributed by atoms with Gasteiger partial charge in [-0.05, 0) is 53.1 Å². The van der Waals surface area contributed by atoms with Crippen LogP contribution in [-0.4, -0.2) is 11.4 Å². The standard InChI is InChI=1S/C22H19F2N3OS/c23-19-10-18(11-20(24)12-19)14-28-21-8-6-16(7-9-21)13-26-27-22(25)29-15-17-4-2-1-3-5-17/h1-13H,14-15H2,(H2,25,27). The predicted molar refractivity (Wildman–Crippen MR) is 114 cm³/mol. The van der Waals surface area contributed by atoms with Gasteiger partial charge in [0, 0.05) is 11.8 Å². The molecule has 2 N–H and O–H groups in total. The average Bonchev–Trinajstić information content (AvgIpc) is 2.72.